The van der Waals surface area contributed by atoms with Crippen molar-refractivity contribution in [3.05, 3.63) is 94.4 Å². The summed E-state index contributed by atoms with van der Waals surface area (Å²) in [5.74, 6) is 1.49. The van der Waals surface area contributed by atoms with Crippen molar-refractivity contribution in [1.29, 1.82) is 0 Å². The standard InChI is InChI=1S/C28H24O7/c1-4-19-7-5-6-8-22(19)35-26-17-33-24-16-20(11-12-21(24)28(26)30)34-27(29)14-10-18-9-13-23(31-2)25(15-18)32-3/h5-17H,4H2,1-3H3/b14-10+. The van der Waals surface area contributed by atoms with Gasteiger partial charge >= 0.3 is 5.97 Å². The highest BCUT2D eigenvalue weighted by Crippen LogP contribution is 2.29. The fourth-order valence-electron chi connectivity index (χ4n) is 3.51. The first kappa shape index (κ1) is 23.6. The molecule has 0 aliphatic carbocycles. The molecule has 0 fully saturated rings. The van der Waals surface area contributed by atoms with E-state index in [-0.39, 0.29) is 22.5 Å². The van der Waals surface area contributed by atoms with Gasteiger partial charge in [-0.15, -0.1) is 0 Å². The van der Waals surface area contributed by atoms with Crippen molar-refractivity contribution in [3.63, 3.8) is 0 Å². The molecule has 0 unspecified atom stereocenters. The number of esters is 1. The van der Waals surface area contributed by atoms with Crippen LogP contribution >= 0.6 is 0 Å². The van der Waals surface area contributed by atoms with E-state index in [1.807, 2.05) is 25.1 Å². The molecular formula is C28H24O7. The average Bonchev–Trinajstić information content (AvgIpc) is 2.89. The van der Waals surface area contributed by atoms with E-state index in [1.54, 1.807) is 43.5 Å². The minimum atomic E-state index is -0.586. The van der Waals surface area contributed by atoms with Crippen LogP contribution in [0, 0.1) is 0 Å². The zero-order valence-electron chi connectivity index (χ0n) is 19.6. The Morgan fingerprint density at radius 1 is 0.914 bits per heavy atom. The van der Waals surface area contributed by atoms with Crippen LogP contribution in [0.15, 0.2) is 82.2 Å². The van der Waals surface area contributed by atoms with Crippen LogP contribution in [0.2, 0.25) is 0 Å². The lowest BCUT2D eigenvalue weighted by atomic mass is 10.1. The fraction of sp³-hybridized carbons (Fsp3) is 0.143. The van der Waals surface area contributed by atoms with Gasteiger partial charge in [0.2, 0.25) is 11.2 Å². The van der Waals surface area contributed by atoms with Crippen molar-refractivity contribution >= 4 is 23.0 Å². The number of ether oxygens (including phenoxy) is 4. The number of rotatable bonds is 8. The maximum absolute atomic E-state index is 12.9. The van der Waals surface area contributed by atoms with Crippen molar-refractivity contribution < 1.29 is 28.2 Å². The minimum absolute atomic E-state index is 0.0843. The highest BCUT2D eigenvalue weighted by atomic mass is 16.5. The number of fused-ring (bicyclic) bond motifs is 1. The van der Waals surface area contributed by atoms with Gasteiger partial charge in [0.15, 0.2) is 11.5 Å². The Kier molecular flexibility index (Phi) is 7.16. The Hall–Kier alpha value is -4.52. The molecule has 4 aromatic rings. The molecule has 3 aromatic carbocycles. The number of carbonyl (C=O) groups is 1. The molecule has 0 aliphatic rings. The summed E-state index contributed by atoms with van der Waals surface area (Å²) in [5.41, 5.74) is 1.68. The normalized spacial score (nSPS) is 10.9. The molecular weight excluding hydrogens is 448 g/mol. The molecule has 7 nitrogen and oxygen atoms in total. The predicted molar refractivity (Wildman–Crippen MR) is 133 cm³/mol. The molecule has 178 valence electrons. The van der Waals surface area contributed by atoms with Gasteiger partial charge in [-0.25, -0.2) is 4.79 Å². The van der Waals surface area contributed by atoms with Gasteiger partial charge in [-0.05, 0) is 54.0 Å². The third kappa shape index (κ3) is 5.35. The lowest BCUT2D eigenvalue weighted by Gasteiger charge is -2.09. The van der Waals surface area contributed by atoms with Gasteiger partial charge < -0.3 is 23.4 Å². The van der Waals surface area contributed by atoms with Crippen LogP contribution in [0.4, 0.5) is 0 Å². The molecule has 0 saturated carbocycles. The Morgan fingerprint density at radius 2 is 1.71 bits per heavy atom. The molecule has 4 rings (SSSR count). The first-order valence-corrected chi connectivity index (χ1v) is 11.0. The van der Waals surface area contributed by atoms with Gasteiger partial charge in [-0.3, -0.25) is 4.79 Å². The SMILES string of the molecule is CCc1ccccc1Oc1coc2cc(OC(=O)/C=C/c3ccc(OC)c(OC)c3)ccc2c1=O. The molecule has 0 radical (unpaired) electrons. The summed E-state index contributed by atoms with van der Waals surface area (Å²) in [5, 5.41) is 0.317. The van der Waals surface area contributed by atoms with Crippen molar-refractivity contribution in [2.24, 2.45) is 0 Å². The van der Waals surface area contributed by atoms with E-state index >= 15 is 0 Å². The maximum atomic E-state index is 12.9. The summed E-state index contributed by atoms with van der Waals surface area (Å²) in [6.45, 7) is 2.01. The van der Waals surface area contributed by atoms with Crippen LogP contribution in [0.3, 0.4) is 0 Å². The van der Waals surface area contributed by atoms with Gasteiger partial charge in [0, 0.05) is 12.1 Å². The van der Waals surface area contributed by atoms with E-state index in [2.05, 4.69) is 0 Å². The zero-order chi connectivity index (χ0) is 24.8. The van der Waals surface area contributed by atoms with E-state index in [0.717, 1.165) is 17.5 Å². The first-order valence-electron chi connectivity index (χ1n) is 11.0. The van der Waals surface area contributed by atoms with Crippen molar-refractivity contribution in [3.8, 4) is 28.7 Å². The van der Waals surface area contributed by atoms with Crippen LogP contribution in [-0.2, 0) is 11.2 Å². The Bertz CT molecular complexity index is 1450. The Balaban J connectivity index is 1.50. The van der Waals surface area contributed by atoms with E-state index in [9.17, 15) is 9.59 Å². The first-order chi connectivity index (χ1) is 17.0. The Morgan fingerprint density at radius 3 is 2.49 bits per heavy atom. The summed E-state index contributed by atoms with van der Waals surface area (Å²) < 4.78 is 27.3. The topological polar surface area (TPSA) is 84.2 Å². The zero-order valence-corrected chi connectivity index (χ0v) is 19.6. The highest BCUT2D eigenvalue weighted by Gasteiger charge is 2.12. The van der Waals surface area contributed by atoms with Gasteiger partial charge in [0.1, 0.15) is 23.3 Å². The second-order valence-corrected chi connectivity index (χ2v) is 7.52. The van der Waals surface area contributed by atoms with Crippen LogP contribution in [-0.4, -0.2) is 20.2 Å². The average molecular weight is 472 g/mol. The summed E-state index contributed by atoms with van der Waals surface area (Å²) in [4.78, 5) is 25.2. The van der Waals surface area contributed by atoms with E-state index in [4.69, 9.17) is 23.4 Å². The summed E-state index contributed by atoms with van der Waals surface area (Å²) in [6, 6.07) is 17.3. The summed E-state index contributed by atoms with van der Waals surface area (Å²) >= 11 is 0. The molecule has 35 heavy (non-hydrogen) atoms. The van der Waals surface area contributed by atoms with Crippen LogP contribution in [0.1, 0.15) is 18.1 Å². The number of methoxy groups -OCH3 is 2. The van der Waals surface area contributed by atoms with Gasteiger partial charge in [0.25, 0.3) is 0 Å². The second kappa shape index (κ2) is 10.6. The Labute approximate surface area is 202 Å². The smallest absolute Gasteiger partial charge is 0.336 e. The number of benzene rings is 3. The summed E-state index contributed by atoms with van der Waals surface area (Å²) in [6.07, 6.45) is 4.93. The van der Waals surface area contributed by atoms with Gasteiger partial charge in [0.05, 0.1) is 19.6 Å². The monoisotopic (exact) mass is 472 g/mol. The molecule has 0 N–H and O–H groups in total. The maximum Gasteiger partial charge on any atom is 0.336 e. The van der Waals surface area contributed by atoms with Crippen LogP contribution in [0.25, 0.3) is 17.0 Å². The molecule has 0 spiro atoms. The molecule has 0 atom stereocenters. The van der Waals surface area contributed by atoms with Crippen LogP contribution < -0.4 is 24.4 Å². The number of carbonyl (C=O) groups excluding carboxylic acids is 1. The molecule has 0 amide bonds. The predicted octanol–water partition coefficient (Wildman–Crippen LogP) is 5.78. The molecule has 7 heteroatoms. The van der Waals surface area contributed by atoms with Gasteiger partial charge in [-0.2, -0.15) is 0 Å². The second-order valence-electron chi connectivity index (χ2n) is 7.52. The molecule has 0 bridgehead atoms. The lowest BCUT2D eigenvalue weighted by molar-refractivity contribution is -0.128. The van der Waals surface area contributed by atoms with Gasteiger partial charge in [-0.1, -0.05) is 31.2 Å². The van der Waals surface area contributed by atoms with E-state index < -0.39 is 5.97 Å². The molecule has 1 heterocycles. The van der Waals surface area contributed by atoms with E-state index in [0.29, 0.717) is 22.6 Å². The van der Waals surface area contributed by atoms with Crippen molar-refractivity contribution in [2.75, 3.05) is 14.2 Å². The van der Waals surface area contributed by atoms with Crippen molar-refractivity contribution in [1.82, 2.24) is 0 Å². The minimum Gasteiger partial charge on any atom is -0.493 e. The third-order valence-corrected chi connectivity index (χ3v) is 5.33. The van der Waals surface area contributed by atoms with E-state index in [1.165, 1.54) is 31.6 Å². The third-order valence-electron chi connectivity index (χ3n) is 5.33. The summed E-state index contributed by atoms with van der Waals surface area (Å²) in [7, 11) is 3.09. The molecule has 1 aromatic heterocycles. The molecule has 0 saturated heterocycles. The number of para-hydroxylation sites is 1. The van der Waals surface area contributed by atoms with Crippen molar-refractivity contribution in [2.45, 2.75) is 13.3 Å². The number of hydrogen-bond donors (Lipinski definition) is 0. The highest BCUT2D eigenvalue weighted by molar-refractivity contribution is 5.89. The number of hydrogen-bond acceptors (Lipinski definition) is 7. The number of aryl methyl sites for hydroxylation is 1. The quantitative estimate of drug-likeness (QED) is 0.182. The largest absolute Gasteiger partial charge is 0.493 e. The fourth-order valence-corrected chi connectivity index (χ4v) is 3.51. The molecule has 0 aliphatic heterocycles. The lowest BCUT2D eigenvalue weighted by Crippen LogP contribution is -2.07. The van der Waals surface area contributed by atoms with Crippen LogP contribution in [0.5, 0.6) is 28.7 Å².